The number of ketones is 1. The van der Waals surface area contributed by atoms with Gasteiger partial charge in [-0.2, -0.15) is 13.4 Å². The summed E-state index contributed by atoms with van der Waals surface area (Å²) in [6.07, 6.45) is 1.42. The van der Waals surface area contributed by atoms with Crippen molar-refractivity contribution in [1.29, 1.82) is 0 Å². The van der Waals surface area contributed by atoms with Crippen LogP contribution in [0.4, 0.5) is 5.69 Å². The lowest BCUT2D eigenvalue weighted by molar-refractivity contribution is -0.122. The van der Waals surface area contributed by atoms with Crippen molar-refractivity contribution >= 4 is 33.6 Å². The van der Waals surface area contributed by atoms with E-state index in [1.165, 1.54) is 42.5 Å². The Morgan fingerprint density at radius 2 is 1.61 bits per heavy atom. The molecule has 0 atom stereocenters. The summed E-state index contributed by atoms with van der Waals surface area (Å²) in [4.78, 5) is 37.6. The topological polar surface area (TPSA) is 139 Å². The molecule has 0 spiro atoms. The van der Waals surface area contributed by atoms with E-state index >= 15 is 0 Å². The fourth-order valence-corrected chi connectivity index (χ4v) is 2.49. The van der Waals surface area contributed by atoms with Gasteiger partial charge in [0, 0.05) is 17.7 Å². The molecule has 0 bridgehead atoms. The largest absolute Gasteiger partial charge is 0.484 e. The van der Waals surface area contributed by atoms with E-state index in [0.29, 0.717) is 22.6 Å². The van der Waals surface area contributed by atoms with Crippen molar-refractivity contribution in [2.75, 3.05) is 18.9 Å². The minimum absolute atomic E-state index is 0.231. The van der Waals surface area contributed by atoms with E-state index < -0.39 is 21.8 Å². The van der Waals surface area contributed by atoms with Gasteiger partial charge in [-0.1, -0.05) is 0 Å². The van der Waals surface area contributed by atoms with Gasteiger partial charge in [-0.25, -0.2) is 4.79 Å². The predicted octanol–water partition coefficient (Wildman–Crippen LogP) is 1.27. The van der Waals surface area contributed by atoms with Gasteiger partial charge in [0.05, 0.1) is 11.4 Å². The number of benzene rings is 2. The molecule has 0 radical (unpaired) electrons. The van der Waals surface area contributed by atoms with Crippen molar-refractivity contribution in [2.45, 2.75) is 0 Å². The Bertz CT molecular complexity index is 993. The number of hydrogen-bond donors (Lipinski definition) is 2. The van der Waals surface area contributed by atoms with Gasteiger partial charge in [0.1, 0.15) is 5.75 Å². The third-order valence-electron chi connectivity index (χ3n) is 3.47. The molecule has 0 fully saturated rings. The molecule has 9 nitrogen and oxygen atoms in total. The zero-order chi connectivity index (χ0) is 20.6. The molecule has 28 heavy (non-hydrogen) atoms. The Balaban J connectivity index is 1.89. The van der Waals surface area contributed by atoms with Crippen molar-refractivity contribution in [3.05, 3.63) is 59.7 Å². The highest BCUT2D eigenvalue weighted by Gasteiger charge is 2.10. The molecular formula is C18H16N2O7S. The second kappa shape index (κ2) is 9.56. The van der Waals surface area contributed by atoms with Crippen molar-refractivity contribution in [3.8, 4) is 5.75 Å². The quantitative estimate of drug-likeness (QED) is 0.278. The normalized spacial score (nSPS) is 10.6. The highest BCUT2D eigenvalue weighted by atomic mass is 32.2. The molecule has 10 heteroatoms. The summed E-state index contributed by atoms with van der Waals surface area (Å²) in [7, 11) is -4.14. The summed E-state index contributed by atoms with van der Waals surface area (Å²) in [5.41, 5.74) is 1.21. The summed E-state index contributed by atoms with van der Waals surface area (Å²) in [5.74, 6) is -1.03. The first-order valence-electron chi connectivity index (χ1n) is 7.96. The first kappa shape index (κ1) is 21.0. The van der Waals surface area contributed by atoms with E-state index in [4.69, 9.17) is 9.29 Å². The zero-order valence-corrected chi connectivity index (χ0v) is 15.3. The molecule has 1 amide bonds. The summed E-state index contributed by atoms with van der Waals surface area (Å²) >= 11 is 0. The van der Waals surface area contributed by atoms with Crippen molar-refractivity contribution in [2.24, 2.45) is 4.99 Å². The highest BCUT2D eigenvalue weighted by molar-refractivity contribution is 7.85. The molecular weight excluding hydrogens is 388 g/mol. The average molecular weight is 404 g/mol. The van der Waals surface area contributed by atoms with Gasteiger partial charge in [-0.3, -0.25) is 14.1 Å². The molecule has 0 saturated heterocycles. The Morgan fingerprint density at radius 3 is 2.14 bits per heavy atom. The lowest BCUT2D eigenvalue weighted by atomic mass is 10.0. The summed E-state index contributed by atoms with van der Waals surface area (Å²) in [6.45, 7) is -0.580. The molecule has 0 aromatic heterocycles. The maximum atomic E-state index is 12.4. The minimum Gasteiger partial charge on any atom is -0.484 e. The van der Waals surface area contributed by atoms with Crippen LogP contribution < -0.4 is 10.1 Å². The van der Waals surface area contributed by atoms with Gasteiger partial charge in [0.25, 0.3) is 16.0 Å². The first-order chi connectivity index (χ1) is 13.3. The Hall–Kier alpha value is -3.33. The van der Waals surface area contributed by atoms with Gasteiger partial charge in [-0.15, -0.1) is 0 Å². The molecule has 146 valence electrons. The number of isocyanates is 1. The summed E-state index contributed by atoms with van der Waals surface area (Å²) in [6, 6.07) is 12.2. The maximum Gasteiger partial charge on any atom is 0.266 e. The van der Waals surface area contributed by atoms with Crippen LogP contribution in [0.1, 0.15) is 15.9 Å². The van der Waals surface area contributed by atoms with E-state index in [1.807, 2.05) is 0 Å². The molecule has 0 saturated carbocycles. The smallest absolute Gasteiger partial charge is 0.266 e. The van der Waals surface area contributed by atoms with Gasteiger partial charge in [-0.05, 0) is 48.5 Å². The zero-order valence-electron chi connectivity index (χ0n) is 14.5. The molecule has 2 N–H and O–H groups in total. The number of amides is 1. The monoisotopic (exact) mass is 404 g/mol. The summed E-state index contributed by atoms with van der Waals surface area (Å²) in [5, 5.41) is 2.29. The average Bonchev–Trinajstić information content (AvgIpc) is 2.66. The molecule has 2 rings (SSSR count). The number of hydrogen-bond acceptors (Lipinski definition) is 7. The van der Waals surface area contributed by atoms with E-state index in [9.17, 15) is 22.8 Å². The van der Waals surface area contributed by atoms with Crippen LogP contribution in [-0.4, -0.2) is 49.6 Å². The van der Waals surface area contributed by atoms with Crippen molar-refractivity contribution < 1.29 is 32.1 Å². The number of nitrogens with zero attached hydrogens (tertiary/aromatic N) is 1. The lowest BCUT2D eigenvalue weighted by Gasteiger charge is -2.08. The standard InChI is InChI=1S/C18H16N2O7S/c21-12-20-15-5-1-13(2-6-15)18(23)14-3-7-16(8-4-14)27-11-17(22)19-9-10-28(24,25)26/h1-8H,9-11H2,(H,19,22)(H,24,25,26). The van der Waals surface area contributed by atoms with Crippen LogP contribution in [0, 0.1) is 0 Å². The third kappa shape index (κ3) is 6.76. The Kier molecular flexibility index (Phi) is 7.16. The van der Waals surface area contributed by atoms with Crippen LogP contribution in [0.15, 0.2) is 53.5 Å². The number of carbonyl (C=O) groups excluding carboxylic acids is 3. The summed E-state index contributed by atoms with van der Waals surface area (Å²) < 4.78 is 34.9. The van der Waals surface area contributed by atoms with E-state index in [2.05, 4.69) is 10.3 Å². The number of rotatable bonds is 9. The van der Waals surface area contributed by atoms with Gasteiger partial charge in [0.15, 0.2) is 12.4 Å². The van der Waals surface area contributed by atoms with Crippen LogP contribution in [0.25, 0.3) is 0 Å². The highest BCUT2D eigenvalue weighted by Crippen LogP contribution is 2.18. The van der Waals surface area contributed by atoms with Crippen molar-refractivity contribution in [1.82, 2.24) is 5.32 Å². The Morgan fingerprint density at radius 1 is 1.04 bits per heavy atom. The number of aliphatic imine (C=N–C) groups is 1. The molecule has 2 aromatic carbocycles. The van der Waals surface area contributed by atoms with E-state index in [0.717, 1.165) is 0 Å². The van der Waals surface area contributed by atoms with Crippen LogP contribution in [-0.2, 0) is 19.7 Å². The van der Waals surface area contributed by atoms with Crippen molar-refractivity contribution in [3.63, 3.8) is 0 Å². The third-order valence-corrected chi connectivity index (χ3v) is 4.19. The molecule has 0 aliphatic carbocycles. The molecule has 0 unspecified atom stereocenters. The molecule has 2 aromatic rings. The Labute approximate surface area is 160 Å². The minimum atomic E-state index is -4.14. The molecule has 0 aliphatic heterocycles. The second-order valence-electron chi connectivity index (χ2n) is 5.53. The molecule has 0 heterocycles. The molecule has 0 aliphatic rings. The van der Waals surface area contributed by atoms with Crippen LogP contribution in [0.3, 0.4) is 0 Å². The van der Waals surface area contributed by atoms with Gasteiger partial charge >= 0.3 is 0 Å². The number of carbonyl (C=O) groups is 2. The second-order valence-corrected chi connectivity index (χ2v) is 7.10. The maximum absolute atomic E-state index is 12.4. The van der Waals surface area contributed by atoms with Crippen LogP contribution in [0.2, 0.25) is 0 Å². The fraction of sp³-hybridized carbons (Fsp3) is 0.167. The van der Waals surface area contributed by atoms with E-state index in [1.54, 1.807) is 12.1 Å². The van der Waals surface area contributed by atoms with Crippen LogP contribution >= 0.6 is 0 Å². The number of nitrogens with one attached hydrogen (secondary N) is 1. The van der Waals surface area contributed by atoms with Gasteiger partial charge in [0.2, 0.25) is 6.08 Å². The number of ether oxygens (including phenoxy) is 1. The lowest BCUT2D eigenvalue weighted by Crippen LogP contribution is -2.32. The predicted molar refractivity (Wildman–Crippen MR) is 99.0 cm³/mol. The fourth-order valence-electron chi connectivity index (χ4n) is 2.13. The SMILES string of the molecule is O=C=Nc1ccc(C(=O)c2ccc(OCC(=O)NCCS(=O)(=O)O)cc2)cc1. The first-order valence-corrected chi connectivity index (χ1v) is 9.57. The van der Waals surface area contributed by atoms with Crippen LogP contribution in [0.5, 0.6) is 5.75 Å². The van der Waals surface area contributed by atoms with Gasteiger partial charge < -0.3 is 10.1 Å². The van der Waals surface area contributed by atoms with E-state index in [-0.39, 0.29) is 18.9 Å².